The Kier molecular flexibility index (Phi) is 3.27. The van der Waals surface area contributed by atoms with Crippen molar-refractivity contribution in [3.8, 4) is 10.6 Å². The fourth-order valence-electron chi connectivity index (χ4n) is 1.69. The monoisotopic (exact) mass is 351 g/mol. The molecule has 8 heteroatoms. The van der Waals surface area contributed by atoms with E-state index >= 15 is 0 Å². The summed E-state index contributed by atoms with van der Waals surface area (Å²) in [5.41, 5.74) is 0.970. The Hall–Kier alpha value is -1.80. The van der Waals surface area contributed by atoms with Crippen LogP contribution in [-0.2, 0) is 0 Å². The first-order valence-corrected chi connectivity index (χ1v) is 7.37. The molecule has 0 aliphatic rings. The number of carbonyl (C=O) groups excluding carboxylic acids is 1. The number of carbonyl (C=O) groups is 1. The lowest BCUT2D eigenvalue weighted by Gasteiger charge is -2.06. The van der Waals surface area contributed by atoms with Gasteiger partial charge in [0.2, 0.25) is 10.8 Å². The summed E-state index contributed by atoms with van der Waals surface area (Å²) in [6, 6.07) is 7.82. The van der Waals surface area contributed by atoms with Gasteiger partial charge in [0.15, 0.2) is 0 Å². The highest BCUT2D eigenvalue weighted by molar-refractivity contribution is 9.10. The van der Waals surface area contributed by atoms with Crippen LogP contribution in [0.2, 0.25) is 0 Å². The number of fused-ring (bicyclic) bond motifs is 1. The summed E-state index contributed by atoms with van der Waals surface area (Å²) < 4.78 is 2.47. The SMILES string of the molecule is CN(C)C(=O)c1nnc2sc(-c3cccc(Br)c3)nn12. The minimum absolute atomic E-state index is 0.219. The summed E-state index contributed by atoms with van der Waals surface area (Å²) in [5.74, 6) is 0.00564. The molecule has 6 nitrogen and oxygen atoms in total. The average molecular weight is 352 g/mol. The molecule has 3 aromatic rings. The van der Waals surface area contributed by atoms with E-state index < -0.39 is 0 Å². The molecule has 0 aliphatic heterocycles. The smallest absolute Gasteiger partial charge is 0.293 e. The lowest BCUT2D eigenvalue weighted by Crippen LogP contribution is -2.24. The predicted octanol–water partition coefficient (Wildman–Crippen LogP) is 2.32. The molecule has 0 saturated carbocycles. The molecule has 0 spiro atoms. The van der Waals surface area contributed by atoms with Crippen LogP contribution in [-0.4, -0.2) is 44.7 Å². The van der Waals surface area contributed by atoms with Crippen molar-refractivity contribution in [2.24, 2.45) is 0 Å². The van der Waals surface area contributed by atoms with Crippen LogP contribution in [0.3, 0.4) is 0 Å². The second-order valence-corrected chi connectivity index (χ2v) is 6.21. The van der Waals surface area contributed by atoms with Crippen molar-refractivity contribution in [3.63, 3.8) is 0 Å². The first-order valence-electron chi connectivity index (χ1n) is 5.76. The summed E-state index contributed by atoms with van der Waals surface area (Å²) in [4.78, 5) is 14.0. The van der Waals surface area contributed by atoms with Gasteiger partial charge < -0.3 is 4.90 Å². The Morgan fingerprint density at radius 2 is 2.15 bits per heavy atom. The molecule has 0 atom stereocenters. The van der Waals surface area contributed by atoms with Crippen molar-refractivity contribution in [1.29, 1.82) is 0 Å². The summed E-state index contributed by atoms with van der Waals surface area (Å²) >= 11 is 4.83. The van der Waals surface area contributed by atoms with E-state index in [9.17, 15) is 4.79 Å². The molecule has 2 aromatic heterocycles. The molecule has 20 heavy (non-hydrogen) atoms. The maximum atomic E-state index is 12.0. The van der Waals surface area contributed by atoms with E-state index in [4.69, 9.17) is 0 Å². The van der Waals surface area contributed by atoms with Gasteiger partial charge in [0.05, 0.1) is 0 Å². The molecule has 0 bridgehead atoms. The number of aromatic nitrogens is 4. The van der Waals surface area contributed by atoms with E-state index in [1.165, 1.54) is 20.8 Å². The molecule has 1 amide bonds. The fraction of sp³-hybridized carbons (Fsp3) is 0.167. The second-order valence-electron chi connectivity index (χ2n) is 4.34. The normalized spacial score (nSPS) is 10.9. The molecule has 1 aromatic carbocycles. The van der Waals surface area contributed by atoms with Crippen molar-refractivity contribution in [1.82, 2.24) is 24.7 Å². The maximum Gasteiger partial charge on any atom is 0.293 e. The van der Waals surface area contributed by atoms with Gasteiger partial charge in [0.1, 0.15) is 5.01 Å². The molecule has 0 fully saturated rings. The first-order chi connectivity index (χ1) is 9.56. The predicted molar refractivity (Wildman–Crippen MR) is 79.8 cm³/mol. The van der Waals surface area contributed by atoms with Crippen LogP contribution in [0.4, 0.5) is 0 Å². The number of rotatable bonds is 2. The lowest BCUT2D eigenvalue weighted by molar-refractivity contribution is 0.0813. The van der Waals surface area contributed by atoms with Crippen LogP contribution in [0.5, 0.6) is 0 Å². The largest absolute Gasteiger partial charge is 0.342 e. The summed E-state index contributed by atoms with van der Waals surface area (Å²) in [6.07, 6.45) is 0. The van der Waals surface area contributed by atoms with Crippen LogP contribution in [0.15, 0.2) is 28.7 Å². The van der Waals surface area contributed by atoms with Gasteiger partial charge in [-0.1, -0.05) is 39.4 Å². The van der Waals surface area contributed by atoms with Crippen LogP contribution < -0.4 is 0 Å². The van der Waals surface area contributed by atoms with Gasteiger partial charge in [-0.3, -0.25) is 4.79 Å². The highest BCUT2D eigenvalue weighted by atomic mass is 79.9. The maximum absolute atomic E-state index is 12.0. The molecule has 102 valence electrons. The molecule has 0 aliphatic carbocycles. The van der Waals surface area contributed by atoms with Gasteiger partial charge in [-0.05, 0) is 12.1 Å². The molecular formula is C12H10BrN5OS. The molecule has 3 rings (SSSR count). The van der Waals surface area contributed by atoms with Crippen molar-refractivity contribution >= 4 is 38.1 Å². The van der Waals surface area contributed by atoms with E-state index in [-0.39, 0.29) is 11.7 Å². The Labute approximate surface area is 127 Å². The Morgan fingerprint density at radius 1 is 1.35 bits per heavy atom. The van der Waals surface area contributed by atoms with Crippen LogP contribution in [0.1, 0.15) is 10.6 Å². The highest BCUT2D eigenvalue weighted by Crippen LogP contribution is 2.27. The van der Waals surface area contributed by atoms with E-state index in [1.54, 1.807) is 14.1 Å². The van der Waals surface area contributed by atoms with Crippen molar-refractivity contribution in [2.75, 3.05) is 14.1 Å². The van der Waals surface area contributed by atoms with Crippen LogP contribution in [0.25, 0.3) is 15.5 Å². The quantitative estimate of drug-likeness (QED) is 0.710. The number of nitrogens with zero attached hydrogens (tertiary/aromatic N) is 5. The van der Waals surface area contributed by atoms with Crippen molar-refractivity contribution in [2.45, 2.75) is 0 Å². The van der Waals surface area contributed by atoms with E-state index in [1.807, 2.05) is 24.3 Å². The zero-order valence-electron chi connectivity index (χ0n) is 10.7. The average Bonchev–Trinajstić information content (AvgIpc) is 2.97. The van der Waals surface area contributed by atoms with Crippen LogP contribution in [0, 0.1) is 0 Å². The van der Waals surface area contributed by atoms with E-state index in [2.05, 4.69) is 31.2 Å². The van der Waals surface area contributed by atoms with Gasteiger partial charge >= 0.3 is 0 Å². The second kappa shape index (κ2) is 4.95. The Bertz CT molecular complexity index is 794. The molecule has 2 heterocycles. The molecule has 0 radical (unpaired) electrons. The van der Waals surface area contributed by atoms with E-state index in [0.717, 1.165) is 15.0 Å². The molecule has 0 N–H and O–H groups in total. The minimum atomic E-state index is -0.219. The lowest BCUT2D eigenvalue weighted by atomic mass is 10.2. The van der Waals surface area contributed by atoms with Crippen molar-refractivity contribution in [3.05, 3.63) is 34.6 Å². The summed E-state index contributed by atoms with van der Waals surface area (Å²) in [7, 11) is 3.34. The number of hydrogen-bond acceptors (Lipinski definition) is 5. The Balaban J connectivity index is 2.10. The third-order valence-electron chi connectivity index (χ3n) is 2.66. The third-order valence-corrected chi connectivity index (χ3v) is 4.10. The zero-order chi connectivity index (χ0) is 14.3. The molecule has 0 unspecified atom stereocenters. The summed E-state index contributed by atoms with van der Waals surface area (Å²) in [6.45, 7) is 0. The number of halogens is 1. The minimum Gasteiger partial charge on any atom is -0.342 e. The van der Waals surface area contributed by atoms with Gasteiger partial charge in [-0.15, -0.1) is 10.2 Å². The van der Waals surface area contributed by atoms with Gasteiger partial charge in [0, 0.05) is 24.1 Å². The van der Waals surface area contributed by atoms with E-state index in [0.29, 0.717) is 4.96 Å². The molecular weight excluding hydrogens is 342 g/mol. The Morgan fingerprint density at radius 3 is 2.85 bits per heavy atom. The van der Waals surface area contributed by atoms with Gasteiger partial charge in [0.25, 0.3) is 5.91 Å². The fourth-order valence-corrected chi connectivity index (χ4v) is 2.92. The number of hydrogen-bond donors (Lipinski definition) is 0. The number of amides is 1. The standard InChI is InChI=1S/C12H10BrN5OS/c1-17(2)11(19)9-14-15-12-18(9)16-10(20-12)7-4-3-5-8(13)6-7/h3-6H,1-2H3. The van der Waals surface area contributed by atoms with Crippen molar-refractivity contribution < 1.29 is 4.79 Å². The van der Waals surface area contributed by atoms with Gasteiger partial charge in [-0.2, -0.15) is 9.61 Å². The van der Waals surface area contributed by atoms with Gasteiger partial charge in [-0.25, -0.2) is 0 Å². The third kappa shape index (κ3) is 2.20. The highest BCUT2D eigenvalue weighted by Gasteiger charge is 2.19. The summed E-state index contributed by atoms with van der Waals surface area (Å²) in [5, 5.41) is 13.1. The first kappa shape index (κ1) is 13.2. The number of benzene rings is 1. The zero-order valence-corrected chi connectivity index (χ0v) is 13.1. The molecule has 0 saturated heterocycles. The van der Waals surface area contributed by atoms with Crippen LogP contribution >= 0.6 is 27.3 Å². The topological polar surface area (TPSA) is 63.4 Å².